The van der Waals surface area contributed by atoms with Gasteiger partial charge in [-0.25, -0.2) is 0 Å². The Morgan fingerprint density at radius 2 is 1.94 bits per heavy atom. The summed E-state index contributed by atoms with van der Waals surface area (Å²) in [6.07, 6.45) is 5.41. The number of amides is 1. The maximum Gasteiger partial charge on any atom is 0.220 e. The van der Waals surface area contributed by atoms with Gasteiger partial charge in [0.1, 0.15) is 0 Å². The van der Waals surface area contributed by atoms with Crippen LogP contribution in [0.25, 0.3) is 0 Å². The zero-order valence-electron chi connectivity index (χ0n) is 10.5. The number of nitrogens with two attached hydrogens (primary N) is 1. The first-order chi connectivity index (χ1) is 7.08. The van der Waals surface area contributed by atoms with Crippen LogP contribution in [0, 0.1) is 0 Å². The number of hydrogen-bond donors (Lipinski definition) is 2. The van der Waals surface area contributed by atoms with Crippen molar-refractivity contribution in [2.45, 2.75) is 45.1 Å². The smallest absolute Gasteiger partial charge is 0.220 e. The lowest BCUT2D eigenvalue weighted by molar-refractivity contribution is -0.121. The monoisotopic (exact) mass is 268 g/mol. The minimum absolute atomic E-state index is 0. The number of rotatable bonds is 8. The third-order valence-electron chi connectivity index (χ3n) is 2.80. The fourth-order valence-corrected chi connectivity index (χ4v) is 1.67. The Labute approximate surface area is 110 Å². The number of nitrogens with one attached hydrogen (secondary N) is 1. The maximum atomic E-state index is 11.4. The predicted octanol–water partition coefficient (Wildman–Crippen LogP) is 2.19. The summed E-state index contributed by atoms with van der Waals surface area (Å²) in [5.41, 5.74) is 5.85. The van der Waals surface area contributed by atoms with E-state index in [1.54, 1.807) is 11.8 Å². The van der Waals surface area contributed by atoms with Gasteiger partial charge in [-0.2, -0.15) is 11.8 Å². The highest BCUT2D eigenvalue weighted by Crippen LogP contribution is 2.09. The van der Waals surface area contributed by atoms with Crippen molar-refractivity contribution in [3.05, 3.63) is 0 Å². The quantitative estimate of drug-likeness (QED) is 0.664. The molecule has 0 rings (SSSR count). The van der Waals surface area contributed by atoms with E-state index in [0.717, 1.165) is 25.0 Å². The number of hydrogen-bond acceptors (Lipinski definition) is 3. The van der Waals surface area contributed by atoms with Crippen molar-refractivity contribution < 1.29 is 4.79 Å². The third kappa shape index (κ3) is 8.25. The Morgan fingerprint density at radius 3 is 2.38 bits per heavy atom. The van der Waals surface area contributed by atoms with Crippen LogP contribution in [0.2, 0.25) is 0 Å². The molecule has 0 bridgehead atoms. The van der Waals surface area contributed by atoms with Crippen LogP contribution >= 0.6 is 24.2 Å². The first-order valence-corrected chi connectivity index (χ1v) is 7.02. The van der Waals surface area contributed by atoms with Crippen molar-refractivity contribution in [2.24, 2.45) is 5.73 Å². The molecule has 3 nitrogen and oxygen atoms in total. The molecule has 5 heteroatoms. The summed E-state index contributed by atoms with van der Waals surface area (Å²) in [5, 5.41) is 2.91. The van der Waals surface area contributed by atoms with Crippen LogP contribution in [-0.4, -0.2) is 30.0 Å². The molecule has 0 radical (unpaired) electrons. The summed E-state index contributed by atoms with van der Waals surface area (Å²) in [6.45, 7) is 4.71. The topological polar surface area (TPSA) is 55.1 Å². The normalized spacial score (nSPS) is 10.8. The summed E-state index contributed by atoms with van der Waals surface area (Å²) >= 11 is 1.77. The van der Waals surface area contributed by atoms with Gasteiger partial charge in [-0.1, -0.05) is 13.8 Å². The molecule has 0 atom stereocenters. The lowest BCUT2D eigenvalue weighted by atomic mass is 9.94. The van der Waals surface area contributed by atoms with Crippen molar-refractivity contribution in [1.29, 1.82) is 0 Å². The Hall–Kier alpha value is 0.0700. The van der Waals surface area contributed by atoms with Crippen LogP contribution in [0.4, 0.5) is 0 Å². The summed E-state index contributed by atoms with van der Waals surface area (Å²) < 4.78 is 0. The summed E-state index contributed by atoms with van der Waals surface area (Å²) in [5.74, 6) is 1.17. The molecule has 0 saturated heterocycles. The van der Waals surface area contributed by atoms with E-state index in [2.05, 4.69) is 25.4 Å². The number of halogens is 1. The second-order valence-electron chi connectivity index (χ2n) is 3.94. The van der Waals surface area contributed by atoms with Gasteiger partial charge in [0.2, 0.25) is 5.91 Å². The van der Waals surface area contributed by atoms with Crippen LogP contribution in [-0.2, 0) is 4.79 Å². The molecule has 0 aromatic rings. The van der Waals surface area contributed by atoms with Crippen molar-refractivity contribution >= 4 is 30.1 Å². The minimum atomic E-state index is -0.227. The second-order valence-corrected chi connectivity index (χ2v) is 4.93. The van der Waals surface area contributed by atoms with Crippen LogP contribution in [0.5, 0.6) is 0 Å². The molecule has 0 fully saturated rings. The van der Waals surface area contributed by atoms with Gasteiger partial charge in [0, 0.05) is 18.5 Å². The molecule has 0 aliphatic heterocycles. The zero-order valence-corrected chi connectivity index (χ0v) is 12.2. The molecular formula is C11H25ClN2OS. The van der Waals surface area contributed by atoms with E-state index in [1.807, 2.05) is 0 Å². The van der Waals surface area contributed by atoms with Gasteiger partial charge in [-0.3, -0.25) is 4.79 Å². The van der Waals surface area contributed by atoms with Crippen molar-refractivity contribution in [2.75, 3.05) is 18.6 Å². The van der Waals surface area contributed by atoms with Gasteiger partial charge in [0.25, 0.3) is 0 Å². The number of thioether (sulfide) groups is 1. The van der Waals surface area contributed by atoms with E-state index < -0.39 is 0 Å². The van der Waals surface area contributed by atoms with Crippen LogP contribution in [0.3, 0.4) is 0 Å². The molecule has 0 aliphatic carbocycles. The molecule has 0 aromatic heterocycles. The van der Waals surface area contributed by atoms with Crippen molar-refractivity contribution in [3.63, 3.8) is 0 Å². The van der Waals surface area contributed by atoms with E-state index >= 15 is 0 Å². The molecule has 1 amide bonds. The van der Waals surface area contributed by atoms with E-state index in [9.17, 15) is 4.79 Å². The number of carbonyl (C=O) groups excluding carboxylic acids is 1. The Balaban J connectivity index is 0. The van der Waals surface area contributed by atoms with Crippen LogP contribution < -0.4 is 11.1 Å². The number of carbonyl (C=O) groups is 1. The molecule has 0 saturated carbocycles. The molecule has 0 heterocycles. The van der Waals surface area contributed by atoms with E-state index in [-0.39, 0.29) is 23.9 Å². The average Bonchev–Trinajstić information content (AvgIpc) is 2.26. The zero-order chi connectivity index (χ0) is 11.7. The maximum absolute atomic E-state index is 11.4. The fourth-order valence-electron chi connectivity index (χ4n) is 1.24. The second kappa shape index (κ2) is 10.2. The Kier molecular flexibility index (Phi) is 11.8. The minimum Gasteiger partial charge on any atom is -0.354 e. The van der Waals surface area contributed by atoms with E-state index in [0.29, 0.717) is 13.0 Å². The molecule has 0 unspecified atom stereocenters. The Morgan fingerprint density at radius 1 is 1.38 bits per heavy atom. The van der Waals surface area contributed by atoms with Gasteiger partial charge >= 0.3 is 0 Å². The highest BCUT2D eigenvalue weighted by molar-refractivity contribution is 7.98. The Bertz CT molecular complexity index is 187. The molecule has 0 aliphatic rings. The molecule has 3 N–H and O–H groups in total. The molecule has 0 spiro atoms. The van der Waals surface area contributed by atoms with Gasteiger partial charge in [-0.15, -0.1) is 12.4 Å². The summed E-state index contributed by atoms with van der Waals surface area (Å²) in [6, 6.07) is 0. The largest absolute Gasteiger partial charge is 0.354 e. The van der Waals surface area contributed by atoms with E-state index in [4.69, 9.17) is 5.73 Å². The lowest BCUT2D eigenvalue weighted by Crippen LogP contribution is -2.49. The summed E-state index contributed by atoms with van der Waals surface area (Å²) in [7, 11) is 0. The lowest BCUT2D eigenvalue weighted by Gasteiger charge is -2.26. The fraction of sp³-hybridized carbons (Fsp3) is 0.909. The van der Waals surface area contributed by atoms with Crippen LogP contribution in [0.15, 0.2) is 0 Å². The van der Waals surface area contributed by atoms with Gasteiger partial charge < -0.3 is 11.1 Å². The standard InChI is InChI=1S/C11H24N2OS.ClH/c1-4-11(12,5-2)9-13-10(14)7-6-8-15-3;/h4-9,12H2,1-3H3,(H,13,14);1H. The molecule has 98 valence electrons. The van der Waals surface area contributed by atoms with Gasteiger partial charge in [0.05, 0.1) is 0 Å². The van der Waals surface area contributed by atoms with Gasteiger partial charge in [-0.05, 0) is 31.3 Å². The summed E-state index contributed by atoms with van der Waals surface area (Å²) in [4.78, 5) is 11.4. The SMILES string of the molecule is CCC(N)(CC)CNC(=O)CCCSC.Cl. The average molecular weight is 269 g/mol. The predicted molar refractivity (Wildman–Crippen MR) is 75.4 cm³/mol. The van der Waals surface area contributed by atoms with Crippen molar-refractivity contribution in [1.82, 2.24) is 5.32 Å². The van der Waals surface area contributed by atoms with E-state index in [1.165, 1.54) is 0 Å². The van der Waals surface area contributed by atoms with Gasteiger partial charge in [0.15, 0.2) is 0 Å². The third-order valence-corrected chi connectivity index (χ3v) is 3.50. The first kappa shape index (κ1) is 18.4. The van der Waals surface area contributed by atoms with Crippen LogP contribution in [0.1, 0.15) is 39.5 Å². The van der Waals surface area contributed by atoms with Crippen molar-refractivity contribution in [3.8, 4) is 0 Å². The molecule has 16 heavy (non-hydrogen) atoms. The molecule has 0 aromatic carbocycles. The first-order valence-electron chi connectivity index (χ1n) is 5.62. The molecular weight excluding hydrogens is 244 g/mol. The highest BCUT2D eigenvalue weighted by atomic mass is 35.5. The highest BCUT2D eigenvalue weighted by Gasteiger charge is 2.20.